The van der Waals surface area contributed by atoms with Crippen LogP contribution in [0.3, 0.4) is 0 Å². The zero-order valence-corrected chi connectivity index (χ0v) is 11.4. The van der Waals surface area contributed by atoms with Crippen LogP contribution in [0.5, 0.6) is 5.75 Å². The topological polar surface area (TPSA) is 26.3 Å². The lowest BCUT2D eigenvalue weighted by Gasteiger charge is -2.07. The lowest BCUT2D eigenvalue weighted by molar-refractivity contribution is 0.0992. The van der Waals surface area contributed by atoms with Gasteiger partial charge in [0.05, 0.1) is 12.1 Å². The number of benzene rings is 2. The molecule has 2 rings (SSSR count). The quantitative estimate of drug-likeness (QED) is 0.796. The molecular weight excluding hydrogens is 286 g/mol. The van der Waals surface area contributed by atoms with Crippen molar-refractivity contribution in [2.75, 3.05) is 7.11 Å². The Morgan fingerprint density at radius 2 is 1.95 bits per heavy atom. The normalized spacial score (nSPS) is 10.4. The molecule has 20 heavy (non-hydrogen) atoms. The Labute approximate surface area is 119 Å². The van der Waals surface area contributed by atoms with Crippen LogP contribution in [0.15, 0.2) is 36.4 Å². The average molecular weight is 297 g/mol. The van der Waals surface area contributed by atoms with E-state index in [4.69, 9.17) is 16.3 Å². The third kappa shape index (κ3) is 2.96. The minimum atomic E-state index is -0.575. The van der Waals surface area contributed by atoms with Gasteiger partial charge < -0.3 is 4.74 Å². The summed E-state index contributed by atoms with van der Waals surface area (Å²) >= 11 is 5.80. The van der Waals surface area contributed by atoms with Crippen molar-refractivity contribution in [2.45, 2.75) is 6.42 Å². The van der Waals surface area contributed by atoms with Crippen molar-refractivity contribution in [2.24, 2.45) is 0 Å². The minimum Gasteiger partial charge on any atom is -0.494 e. The SMILES string of the molecule is COc1cc(C(=O)Cc2cccc(F)c2Cl)ccc1F. The molecule has 0 bridgehead atoms. The van der Waals surface area contributed by atoms with Crippen molar-refractivity contribution < 1.29 is 18.3 Å². The highest BCUT2D eigenvalue weighted by molar-refractivity contribution is 6.31. The highest BCUT2D eigenvalue weighted by Gasteiger charge is 2.14. The third-order valence-electron chi connectivity index (χ3n) is 2.86. The van der Waals surface area contributed by atoms with E-state index in [0.717, 1.165) is 6.07 Å². The van der Waals surface area contributed by atoms with Gasteiger partial charge in [-0.1, -0.05) is 23.7 Å². The smallest absolute Gasteiger partial charge is 0.167 e. The second-order valence-electron chi connectivity index (χ2n) is 4.16. The van der Waals surface area contributed by atoms with Crippen LogP contribution in [0.2, 0.25) is 5.02 Å². The number of hydrogen-bond acceptors (Lipinski definition) is 2. The summed E-state index contributed by atoms with van der Waals surface area (Å²) in [6.45, 7) is 0. The molecule has 0 aromatic heterocycles. The molecule has 104 valence electrons. The second kappa shape index (κ2) is 6.01. The molecule has 0 N–H and O–H groups in total. The number of Topliss-reactive ketones (excluding diaryl/α,β-unsaturated/α-hetero) is 1. The van der Waals surface area contributed by atoms with E-state index in [0.29, 0.717) is 5.56 Å². The molecule has 0 aliphatic rings. The Morgan fingerprint density at radius 1 is 1.20 bits per heavy atom. The summed E-state index contributed by atoms with van der Waals surface area (Å²) in [4.78, 5) is 12.1. The van der Waals surface area contributed by atoms with E-state index in [1.54, 1.807) is 6.07 Å². The maximum absolute atomic E-state index is 13.3. The van der Waals surface area contributed by atoms with E-state index in [1.165, 1.54) is 31.4 Å². The van der Waals surface area contributed by atoms with Gasteiger partial charge in [0.2, 0.25) is 0 Å². The molecule has 0 amide bonds. The number of methoxy groups -OCH3 is 1. The van der Waals surface area contributed by atoms with E-state index in [1.807, 2.05) is 0 Å². The first-order chi connectivity index (χ1) is 9.52. The molecule has 0 atom stereocenters. The number of rotatable bonds is 4. The number of halogens is 3. The number of ether oxygens (including phenoxy) is 1. The van der Waals surface area contributed by atoms with Crippen LogP contribution >= 0.6 is 11.6 Å². The molecule has 0 unspecified atom stereocenters. The Kier molecular flexibility index (Phi) is 4.35. The zero-order valence-electron chi connectivity index (χ0n) is 10.6. The van der Waals surface area contributed by atoms with Crippen molar-refractivity contribution in [3.8, 4) is 5.75 Å². The van der Waals surface area contributed by atoms with Crippen molar-refractivity contribution >= 4 is 17.4 Å². The van der Waals surface area contributed by atoms with Crippen molar-refractivity contribution in [1.29, 1.82) is 0 Å². The highest BCUT2D eigenvalue weighted by Crippen LogP contribution is 2.23. The molecule has 5 heteroatoms. The summed E-state index contributed by atoms with van der Waals surface area (Å²) in [6.07, 6.45) is -0.0641. The van der Waals surface area contributed by atoms with E-state index in [9.17, 15) is 13.6 Å². The number of carbonyl (C=O) groups is 1. The first-order valence-corrected chi connectivity index (χ1v) is 6.20. The Balaban J connectivity index is 2.26. The van der Waals surface area contributed by atoms with Crippen LogP contribution in [-0.2, 0) is 6.42 Å². The van der Waals surface area contributed by atoms with Gasteiger partial charge in [0.25, 0.3) is 0 Å². The molecule has 0 saturated carbocycles. The predicted molar refractivity (Wildman–Crippen MR) is 72.4 cm³/mol. The maximum Gasteiger partial charge on any atom is 0.167 e. The summed E-state index contributed by atoms with van der Waals surface area (Å²) in [5, 5.41) is -0.0741. The zero-order chi connectivity index (χ0) is 14.7. The number of hydrogen-bond donors (Lipinski definition) is 0. The standard InChI is InChI=1S/C15H11ClF2O2/c1-20-14-8-9(5-6-11(14)17)13(19)7-10-3-2-4-12(18)15(10)16/h2-6,8H,7H2,1H3. The number of carbonyl (C=O) groups excluding carboxylic acids is 1. The fourth-order valence-electron chi connectivity index (χ4n) is 1.79. The van der Waals surface area contributed by atoms with Crippen LogP contribution in [0.25, 0.3) is 0 Å². The van der Waals surface area contributed by atoms with Gasteiger partial charge in [0.1, 0.15) is 5.82 Å². The van der Waals surface area contributed by atoms with Gasteiger partial charge in [-0.15, -0.1) is 0 Å². The monoisotopic (exact) mass is 296 g/mol. The van der Waals surface area contributed by atoms with Gasteiger partial charge in [-0.2, -0.15) is 0 Å². The van der Waals surface area contributed by atoms with E-state index < -0.39 is 11.6 Å². The molecule has 0 spiro atoms. The molecule has 2 aromatic rings. The van der Waals surface area contributed by atoms with Crippen LogP contribution in [0.1, 0.15) is 15.9 Å². The predicted octanol–water partition coefficient (Wildman–Crippen LogP) is 4.05. The van der Waals surface area contributed by atoms with Crippen molar-refractivity contribution in [1.82, 2.24) is 0 Å². The van der Waals surface area contributed by atoms with Crippen molar-refractivity contribution in [3.63, 3.8) is 0 Å². The van der Waals surface area contributed by atoms with E-state index in [2.05, 4.69) is 0 Å². The summed E-state index contributed by atoms with van der Waals surface area (Å²) in [5.74, 6) is -1.43. The molecule has 2 nitrogen and oxygen atoms in total. The van der Waals surface area contributed by atoms with Gasteiger partial charge in [0, 0.05) is 12.0 Å². The average Bonchev–Trinajstić information content (AvgIpc) is 2.44. The van der Waals surface area contributed by atoms with Crippen LogP contribution in [0, 0.1) is 11.6 Å². The molecule has 0 aliphatic carbocycles. The lowest BCUT2D eigenvalue weighted by atomic mass is 10.0. The molecule has 0 aliphatic heterocycles. The van der Waals surface area contributed by atoms with Crippen LogP contribution in [0.4, 0.5) is 8.78 Å². The van der Waals surface area contributed by atoms with Gasteiger partial charge >= 0.3 is 0 Å². The molecule has 2 aromatic carbocycles. The summed E-state index contributed by atoms with van der Waals surface area (Å²) in [5.41, 5.74) is 0.670. The summed E-state index contributed by atoms with van der Waals surface area (Å²) in [6, 6.07) is 8.09. The maximum atomic E-state index is 13.3. The Hall–Kier alpha value is -1.94. The largest absolute Gasteiger partial charge is 0.494 e. The Bertz CT molecular complexity index is 656. The van der Waals surface area contributed by atoms with Gasteiger partial charge in [-0.25, -0.2) is 8.78 Å². The number of ketones is 1. The molecule has 0 saturated heterocycles. The first-order valence-electron chi connectivity index (χ1n) is 5.82. The Morgan fingerprint density at radius 3 is 2.65 bits per heavy atom. The first kappa shape index (κ1) is 14.5. The fourth-order valence-corrected chi connectivity index (χ4v) is 1.99. The lowest BCUT2D eigenvalue weighted by Crippen LogP contribution is -2.05. The van der Waals surface area contributed by atoms with E-state index >= 15 is 0 Å². The van der Waals surface area contributed by atoms with Crippen molar-refractivity contribution in [3.05, 3.63) is 64.2 Å². The van der Waals surface area contributed by atoms with E-state index in [-0.39, 0.29) is 28.5 Å². The molecule has 0 heterocycles. The van der Waals surface area contributed by atoms with Crippen LogP contribution < -0.4 is 4.74 Å². The summed E-state index contributed by atoms with van der Waals surface area (Å²) in [7, 11) is 1.32. The fraction of sp³-hybridized carbons (Fsp3) is 0.133. The highest BCUT2D eigenvalue weighted by atomic mass is 35.5. The molecule has 0 radical (unpaired) electrons. The second-order valence-corrected chi connectivity index (χ2v) is 4.54. The van der Waals surface area contributed by atoms with Gasteiger partial charge in [0.15, 0.2) is 17.3 Å². The van der Waals surface area contributed by atoms with Gasteiger partial charge in [-0.05, 0) is 29.8 Å². The summed E-state index contributed by atoms with van der Waals surface area (Å²) < 4.78 is 31.4. The molecular formula is C15H11ClF2O2. The minimum absolute atomic E-state index is 0.0128. The van der Waals surface area contributed by atoms with Crippen LogP contribution in [-0.4, -0.2) is 12.9 Å². The molecule has 0 fully saturated rings. The van der Waals surface area contributed by atoms with Gasteiger partial charge in [-0.3, -0.25) is 4.79 Å². The third-order valence-corrected chi connectivity index (χ3v) is 3.28.